The first-order chi connectivity index (χ1) is 8.20. The lowest BCUT2D eigenvalue weighted by Gasteiger charge is -1.99. The highest BCUT2D eigenvalue weighted by Gasteiger charge is 2.04. The molecule has 17 heavy (non-hydrogen) atoms. The third-order valence-corrected chi connectivity index (χ3v) is 4.54. The molecule has 0 amide bonds. The molecule has 2 rings (SSSR count). The van der Waals surface area contributed by atoms with Crippen LogP contribution in [0.5, 0.6) is 0 Å². The van der Waals surface area contributed by atoms with Crippen LogP contribution in [0.3, 0.4) is 0 Å². The molecule has 0 atom stereocenters. The molecule has 1 aromatic heterocycles. The average molecular weight is 328 g/mol. The summed E-state index contributed by atoms with van der Waals surface area (Å²) in [6.45, 7) is 2.05. The van der Waals surface area contributed by atoms with E-state index in [-0.39, 0.29) is 0 Å². The average Bonchev–Trinajstić information content (AvgIpc) is 2.78. The normalized spacial score (nSPS) is 11.8. The number of hydrogen-bond donors (Lipinski definition) is 0. The molecule has 0 saturated heterocycles. The van der Waals surface area contributed by atoms with Crippen molar-refractivity contribution in [3.63, 3.8) is 0 Å². The maximum absolute atomic E-state index is 5.78. The van der Waals surface area contributed by atoms with Gasteiger partial charge in [0, 0.05) is 25.7 Å². The van der Waals surface area contributed by atoms with Gasteiger partial charge in [0.15, 0.2) is 0 Å². The van der Waals surface area contributed by atoms with E-state index in [0.717, 1.165) is 4.47 Å². The molecule has 0 radical (unpaired) electrons. The summed E-state index contributed by atoms with van der Waals surface area (Å²) >= 11 is 11.1. The van der Waals surface area contributed by atoms with Gasteiger partial charge < -0.3 is 0 Å². The van der Waals surface area contributed by atoms with Crippen LogP contribution in [0.4, 0.5) is 0 Å². The quantitative estimate of drug-likeness (QED) is 0.623. The maximum atomic E-state index is 5.78. The number of benzene rings is 1. The Balaban J connectivity index is 2.34. The fourth-order valence-corrected chi connectivity index (χ4v) is 3.30. The molecule has 0 fully saturated rings. The predicted octanol–water partition coefficient (Wildman–Crippen LogP) is 5.82. The molecule has 0 spiro atoms. The summed E-state index contributed by atoms with van der Waals surface area (Å²) in [7, 11) is 0. The van der Waals surface area contributed by atoms with Crippen LogP contribution in [-0.4, -0.2) is 5.88 Å². The van der Waals surface area contributed by atoms with Crippen molar-refractivity contribution in [1.29, 1.82) is 0 Å². The molecule has 3 heteroatoms. The first-order valence-corrected chi connectivity index (χ1v) is 7.43. The van der Waals surface area contributed by atoms with Gasteiger partial charge in [0.2, 0.25) is 0 Å². The van der Waals surface area contributed by atoms with E-state index < -0.39 is 0 Å². The molecule has 0 bridgehead atoms. The van der Waals surface area contributed by atoms with Gasteiger partial charge in [-0.05, 0) is 31.2 Å². The van der Waals surface area contributed by atoms with Crippen LogP contribution < -0.4 is 0 Å². The Morgan fingerprint density at radius 2 is 2.06 bits per heavy atom. The van der Waals surface area contributed by atoms with Crippen LogP contribution in [0.15, 0.2) is 46.4 Å². The van der Waals surface area contributed by atoms with Crippen LogP contribution in [0.1, 0.15) is 11.8 Å². The Bertz CT molecular complexity index is 543. The Kier molecular flexibility index (Phi) is 4.43. The monoisotopic (exact) mass is 326 g/mol. The lowest BCUT2D eigenvalue weighted by Crippen LogP contribution is -1.74. The minimum absolute atomic E-state index is 0.586. The minimum atomic E-state index is 0.586. The summed E-state index contributed by atoms with van der Waals surface area (Å²) in [4.78, 5) is 2.51. The van der Waals surface area contributed by atoms with E-state index in [0.29, 0.717) is 5.88 Å². The van der Waals surface area contributed by atoms with Crippen molar-refractivity contribution in [3.05, 3.63) is 51.3 Å². The van der Waals surface area contributed by atoms with E-state index in [1.54, 1.807) is 11.3 Å². The second-order valence-electron chi connectivity index (χ2n) is 3.81. The SMILES string of the molecule is CC(=Cc1ccc(-c2ccccc2Br)s1)CCl. The Morgan fingerprint density at radius 1 is 1.29 bits per heavy atom. The van der Waals surface area contributed by atoms with Crippen molar-refractivity contribution in [2.24, 2.45) is 0 Å². The summed E-state index contributed by atoms with van der Waals surface area (Å²) in [6.07, 6.45) is 2.14. The van der Waals surface area contributed by atoms with E-state index in [2.05, 4.69) is 52.3 Å². The summed E-state index contributed by atoms with van der Waals surface area (Å²) in [5.41, 5.74) is 2.42. The molecule has 1 heterocycles. The van der Waals surface area contributed by atoms with Crippen molar-refractivity contribution < 1.29 is 0 Å². The molecule has 88 valence electrons. The van der Waals surface area contributed by atoms with Gasteiger partial charge in [0.1, 0.15) is 0 Å². The van der Waals surface area contributed by atoms with E-state index in [1.807, 2.05) is 13.0 Å². The highest BCUT2D eigenvalue weighted by Crippen LogP contribution is 2.34. The number of allylic oxidation sites excluding steroid dienone is 1. The zero-order chi connectivity index (χ0) is 12.3. The van der Waals surface area contributed by atoms with Crippen molar-refractivity contribution >= 4 is 44.9 Å². The number of hydrogen-bond acceptors (Lipinski definition) is 1. The number of alkyl halides is 1. The van der Waals surface area contributed by atoms with Crippen molar-refractivity contribution in [3.8, 4) is 10.4 Å². The summed E-state index contributed by atoms with van der Waals surface area (Å²) in [5.74, 6) is 0.586. The first kappa shape index (κ1) is 12.9. The topological polar surface area (TPSA) is 0 Å². The molecule has 1 aromatic carbocycles. The van der Waals surface area contributed by atoms with Gasteiger partial charge in [-0.25, -0.2) is 0 Å². The lowest BCUT2D eigenvalue weighted by molar-refractivity contribution is 1.44. The fourth-order valence-electron chi connectivity index (χ4n) is 1.52. The van der Waals surface area contributed by atoms with E-state index >= 15 is 0 Å². The molecule has 0 saturated carbocycles. The molecule has 0 aliphatic rings. The van der Waals surface area contributed by atoms with E-state index in [1.165, 1.54) is 20.9 Å². The van der Waals surface area contributed by atoms with E-state index in [4.69, 9.17) is 11.6 Å². The second-order valence-corrected chi connectivity index (χ2v) is 6.04. The minimum Gasteiger partial charge on any atom is -0.136 e. The van der Waals surface area contributed by atoms with Crippen LogP contribution in [-0.2, 0) is 0 Å². The number of thiophene rings is 1. The smallest absolute Gasteiger partial charge is 0.0434 e. The third kappa shape index (κ3) is 3.21. The maximum Gasteiger partial charge on any atom is 0.0434 e. The summed E-state index contributed by atoms with van der Waals surface area (Å²) in [5, 5.41) is 0. The van der Waals surface area contributed by atoms with Crippen LogP contribution in [0.25, 0.3) is 16.5 Å². The predicted molar refractivity (Wildman–Crippen MR) is 81.8 cm³/mol. The van der Waals surface area contributed by atoms with E-state index in [9.17, 15) is 0 Å². The van der Waals surface area contributed by atoms with Crippen molar-refractivity contribution in [2.75, 3.05) is 5.88 Å². The number of rotatable bonds is 3. The molecule has 0 N–H and O–H groups in total. The molecular formula is C14H12BrClS. The molecule has 0 aliphatic heterocycles. The van der Waals surface area contributed by atoms with Gasteiger partial charge >= 0.3 is 0 Å². The van der Waals surface area contributed by atoms with Gasteiger partial charge in [-0.3, -0.25) is 0 Å². The molecule has 0 unspecified atom stereocenters. The van der Waals surface area contributed by atoms with Gasteiger partial charge in [0.05, 0.1) is 0 Å². The van der Waals surface area contributed by atoms with Crippen LogP contribution in [0, 0.1) is 0 Å². The Hall–Kier alpha value is -0.570. The zero-order valence-corrected chi connectivity index (χ0v) is 12.6. The molecule has 0 aliphatic carbocycles. The lowest BCUT2D eigenvalue weighted by atomic mass is 10.2. The second kappa shape index (κ2) is 5.85. The Morgan fingerprint density at radius 3 is 2.76 bits per heavy atom. The highest BCUT2D eigenvalue weighted by molar-refractivity contribution is 9.10. The summed E-state index contributed by atoms with van der Waals surface area (Å²) < 4.78 is 1.13. The van der Waals surface area contributed by atoms with Gasteiger partial charge in [-0.15, -0.1) is 22.9 Å². The first-order valence-electron chi connectivity index (χ1n) is 5.28. The summed E-state index contributed by atoms with van der Waals surface area (Å²) in [6, 6.07) is 12.6. The fraction of sp³-hybridized carbons (Fsp3) is 0.143. The van der Waals surface area contributed by atoms with Gasteiger partial charge in [-0.1, -0.05) is 39.7 Å². The largest absolute Gasteiger partial charge is 0.136 e. The van der Waals surface area contributed by atoms with Crippen molar-refractivity contribution in [1.82, 2.24) is 0 Å². The Labute approximate surface area is 119 Å². The van der Waals surface area contributed by atoms with Gasteiger partial charge in [0.25, 0.3) is 0 Å². The zero-order valence-electron chi connectivity index (χ0n) is 9.41. The van der Waals surface area contributed by atoms with Gasteiger partial charge in [-0.2, -0.15) is 0 Å². The highest BCUT2D eigenvalue weighted by atomic mass is 79.9. The molecular weight excluding hydrogens is 316 g/mol. The third-order valence-electron chi connectivity index (χ3n) is 2.37. The molecule has 0 nitrogen and oxygen atoms in total. The molecule has 2 aromatic rings. The number of halogens is 2. The standard InChI is InChI=1S/C14H12BrClS/c1-10(9-16)8-11-6-7-14(17-11)12-4-2-3-5-13(12)15/h2-8H,9H2,1H3. The van der Waals surface area contributed by atoms with Crippen molar-refractivity contribution in [2.45, 2.75) is 6.92 Å². The van der Waals surface area contributed by atoms with Crippen LogP contribution in [0.2, 0.25) is 0 Å². The van der Waals surface area contributed by atoms with Crippen LogP contribution >= 0.6 is 38.9 Å².